The maximum Gasteiger partial charge on any atom is 0.261 e. The number of hydrogen-bond donors (Lipinski definition) is 1. The van der Waals surface area contributed by atoms with Crippen LogP contribution in [0.1, 0.15) is 32.0 Å². The predicted molar refractivity (Wildman–Crippen MR) is 82.7 cm³/mol. The van der Waals surface area contributed by atoms with E-state index in [2.05, 4.69) is 10.3 Å². The summed E-state index contributed by atoms with van der Waals surface area (Å²) >= 11 is 0. The molecule has 0 spiro atoms. The second kappa shape index (κ2) is 6.89. The molecule has 2 heterocycles. The van der Waals surface area contributed by atoms with Gasteiger partial charge in [0, 0.05) is 26.3 Å². The third kappa shape index (κ3) is 3.84. The smallest absolute Gasteiger partial charge is 0.261 e. The van der Waals surface area contributed by atoms with E-state index in [-0.39, 0.29) is 5.03 Å². The van der Waals surface area contributed by atoms with Gasteiger partial charge in [0.1, 0.15) is 5.82 Å². The van der Waals surface area contributed by atoms with Gasteiger partial charge in [0.2, 0.25) is 0 Å². The second-order valence-corrected chi connectivity index (χ2v) is 7.71. The predicted octanol–water partition coefficient (Wildman–Crippen LogP) is 1.22. The van der Waals surface area contributed by atoms with Crippen LogP contribution in [-0.2, 0) is 16.6 Å². The normalized spacial score (nSPS) is 17.5. The Kier molecular flexibility index (Phi) is 5.40. The summed E-state index contributed by atoms with van der Waals surface area (Å²) in [5.41, 5.74) is 0. The molecule has 0 aromatic carbocycles. The van der Waals surface area contributed by atoms with Gasteiger partial charge in [-0.2, -0.15) is 4.31 Å². The molecular formula is C14H26N4O2S. The van der Waals surface area contributed by atoms with Crippen LogP contribution in [0.4, 0.5) is 0 Å². The summed E-state index contributed by atoms with van der Waals surface area (Å²) in [4.78, 5) is 4.19. The summed E-state index contributed by atoms with van der Waals surface area (Å²) < 4.78 is 28.3. The Morgan fingerprint density at radius 2 is 2.10 bits per heavy atom. The third-order valence-electron chi connectivity index (χ3n) is 4.28. The third-order valence-corrected chi connectivity index (χ3v) is 6.01. The molecule has 1 N–H and O–H groups in total. The van der Waals surface area contributed by atoms with Crippen molar-refractivity contribution in [2.24, 2.45) is 5.92 Å². The largest absolute Gasteiger partial charge is 0.334 e. The lowest BCUT2D eigenvalue weighted by Crippen LogP contribution is -2.32. The lowest BCUT2D eigenvalue weighted by atomic mass is 9.95. The standard InChI is InChI=1S/C14H26N4O2S/c1-4-18-11-14(16-12(18)2)21(19,20)17(3)10-7-13-5-8-15-9-6-13/h11,13,15H,4-10H2,1-3H3. The Hall–Kier alpha value is -0.920. The Morgan fingerprint density at radius 1 is 1.43 bits per heavy atom. The summed E-state index contributed by atoms with van der Waals surface area (Å²) in [6.07, 6.45) is 4.82. The molecule has 0 radical (unpaired) electrons. The van der Waals surface area contributed by atoms with Crippen LogP contribution in [0.3, 0.4) is 0 Å². The van der Waals surface area contributed by atoms with Gasteiger partial charge in [-0.3, -0.25) is 0 Å². The number of hydrogen-bond acceptors (Lipinski definition) is 4. The maximum absolute atomic E-state index is 12.5. The number of piperidine rings is 1. The van der Waals surface area contributed by atoms with E-state index in [9.17, 15) is 8.42 Å². The highest BCUT2D eigenvalue weighted by atomic mass is 32.2. The summed E-state index contributed by atoms with van der Waals surface area (Å²) in [6.45, 7) is 7.18. The molecule has 0 saturated carbocycles. The minimum Gasteiger partial charge on any atom is -0.334 e. The molecule has 0 amide bonds. The molecule has 0 unspecified atom stereocenters. The van der Waals surface area contributed by atoms with Crippen molar-refractivity contribution < 1.29 is 8.42 Å². The van der Waals surface area contributed by atoms with Gasteiger partial charge in [0.25, 0.3) is 10.0 Å². The highest BCUT2D eigenvalue weighted by Gasteiger charge is 2.25. The first-order valence-corrected chi connectivity index (χ1v) is 9.10. The molecule has 120 valence electrons. The number of nitrogens with zero attached hydrogens (tertiary/aromatic N) is 3. The first-order valence-electron chi connectivity index (χ1n) is 7.66. The van der Waals surface area contributed by atoms with Gasteiger partial charge in [0.15, 0.2) is 5.03 Å². The fourth-order valence-electron chi connectivity index (χ4n) is 2.74. The van der Waals surface area contributed by atoms with Gasteiger partial charge < -0.3 is 9.88 Å². The zero-order valence-corrected chi connectivity index (χ0v) is 14.0. The Morgan fingerprint density at radius 3 is 2.67 bits per heavy atom. The van der Waals surface area contributed by atoms with Crippen LogP contribution in [-0.4, -0.2) is 49.0 Å². The van der Waals surface area contributed by atoms with E-state index in [4.69, 9.17) is 0 Å². The van der Waals surface area contributed by atoms with E-state index in [0.717, 1.165) is 44.7 Å². The fraction of sp³-hybridized carbons (Fsp3) is 0.786. The summed E-state index contributed by atoms with van der Waals surface area (Å²) in [7, 11) is -1.82. The fourth-order valence-corrected chi connectivity index (χ4v) is 3.91. The van der Waals surface area contributed by atoms with Crippen LogP contribution in [0.2, 0.25) is 0 Å². The lowest BCUT2D eigenvalue weighted by molar-refractivity contribution is 0.325. The molecule has 7 heteroatoms. The molecule has 21 heavy (non-hydrogen) atoms. The minimum atomic E-state index is -3.47. The monoisotopic (exact) mass is 314 g/mol. The van der Waals surface area contributed by atoms with Crippen LogP contribution in [0, 0.1) is 12.8 Å². The molecule has 1 aliphatic heterocycles. The van der Waals surface area contributed by atoms with E-state index in [0.29, 0.717) is 12.5 Å². The topological polar surface area (TPSA) is 67.2 Å². The van der Waals surface area contributed by atoms with Gasteiger partial charge in [0.05, 0.1) is 0 Å². The highest BCUT2D eigenvalue weighted by molar-refractivity contribution is 7.89. The van der Waals surface area contributed by atoms with Crippen molar-refractivity contribution in [1.29, 1.82) is 0 Å². The van der Waals surface area contributed by atoms with Crippen molar-refractivity contribution >= 4 is 10.0 Å². The minimum absolute atomic E-state index is 0.162. The number of nitrogens with one attached hydrogen (secondary N) is 1. The SMILES string of the molecule is CCn1cc(S(=O)(=O)N(C)CCC2CCNCC2)nc1C. The molecular weight excluding hydrogens is 288 g/mol. The molecule has 0 bridgehead atoms. The van der Waals surface area contributed by atoms with Gasteiger partial charge in [-0.1, -0.05) is 0 Å². The van der Waals surface area contributed by atoms with E-state index in [1.807, 2.05) is 18.4 Å². The molecule has 1 fully saturated rings. The zero-order valence-electron chi connectivity index (χ0n) is 13.2. The van der Waals surface area contributed by atoms with E-state index < -0.39 is 10.0 Å². The van der Waals surface area contributed by atoms with Crippen LogP contribution < -0.4 is 5.32 Å². The number of sulfonamides is 1. The second-order valence-electron chi connectivity index (χ2n) is 5.72. The van der Waals surface area contributed by atoms with Crippen LogP contribution >= 0.6 is 0 Å². The van der Waals surface area contributed by atoms with E-state index in [1.165, 1.54) is 4.31 Å². The van der Waals surface area contributed by atoms with Crippen molar-refractivity contribution in [2.75, 3.05) is 26.7 Å². The first-order chi connectivity index (χ1) is 9.95. The highest BCUT2D eigenvalue weighted by Crippen LogP contribution is 2.19. The van der Waals surface area contributed by atoms with E-state index >= 15 is 0 Å². The van der Waals surface area contributed by atoms with Crippen LogP contribution in [0.15, 0.2) is 11.2 Å². The molecule has 1 aromatic rings. The van der Waals surface area contributed by atoms with Gasteiger partial charge in [-0.05, 0) is 52.1 Å². The van der Waals surface area contributed by atoms with Crippen molar-refractivity contribution in [3.63, 3.8) is 0 Å². The molecule has 1 aromatic heterocycles. The Balaban J connectivity index is 2.00. The molecule has 2 rings (SSSR count). The molecule has 1 aliphatic rings. The van der Waals surface area contributed by atoms with Crippen molar-refractivity contribution in [2.45, 2.75) is 44.7 Å². The quantitative estimate of drug-likeness (QED) is 0.857. The number of imidazole rings is 1. The average molecular weight is 314 g/mol. The van der Waals surface area contributed by atoms with Crippen molar-refractivity contribution in [1.82, 2.24) is 19.2 Å². The Labute approximate surface area is 127 Å². The molecule has 0 atom stereocenters. The van der Waals surface area contributed by atoms with Gasteiger partial charge >= 0.3 is 0 Å². The number of aromatic nitrogens is 2. The van der Waals surface area contributed by atoms with Gasteiger partial charge in [-0.15, -0.1) is 0 Å². The van der Waals surface area contributed by atoms with Crippen LogP contribution in [0.25, 0.3) is 0 Å². The maximum atomic E-state index is 12.5. The first kappa shape index (κ1) is 16.5. The lowest BCUT2D eigenvalue weighted by Gasteiger charge is -2.24. The van der Waals surface area contributed by atoms with Crippen LogP contribution in [0.5, 0.6) is 0 Å². The summed E-state index contributed by atoms with van der Waals surface area (Å²) in [6, 6.07) is 0. The molecule has 1 saturated heterocycles. The van der Waals surface area contributed by atoms with Gasteiger partial charge in [-0.25, -0.2) is 13.4 Å². The number of aryl methyl sites for hydroxylation is 2. The van der Waals surface area contributed by atoms with Crippen molar-refractivity contribution in [3.8, 4) is 0 Å². The zero-order chi connectivity index (χ0) is 15.5. The molecule has 0 aliphatic carbocycles. The summed E-state index contributed by atoms with van der Waals surface area (Å²) in [5, 5.41) is 3.49. The molecule has 6 nitrogen and oxygen atoms in total. The Bertz CT molecular complexity index is 562. The van der Waals surface area contributed by atoms with Crippen molar-refractivity contribution in [3.05, 3.63) is 12.0 Å². The van der Waals surface area contributed by atoms with E-state index in [1.54, 1.807) is 13.2 Å². The average Bonchev–Trinajstić information content (AvgIpc) is 2.87. The number of rotatable bonds is 6. The summed E-state index contributed by atoms with van der Waals surface area (Å²) in [5.74, 6) is 1.36.